The molecule has 0 bridgehead atoms. The smallest absolute Gasteiger partial charge is 0.493 e. The summed E-state index contributed by atoms with van der Waals surface area (Å²) in [7, 11) is 4.24. The standard InChI is InChI=1S/C16H22O9/c1-5-6-7-8-22-16(18)24-25-23-15(17)11-9-12(19-2)14(21-4)13(10-11)20-3/h9-10H,5-8H2,1-4H3. The number of benzene rings is 1. The molecule has 0 unspecified atom stereocenters. The third-order valence-corrected chi connectivity index (χ3v) is 3.08. The average molecular weight is 358 g/mol. The molecule has 25 heavy (non-hydrogen) atoms. The Kier molecular flexibility index (Phi) is 8.94. The molecule has 1 aromatic carbocycles. The van der Waals surface area contributed by atoms with Gasteiger partial charge in [0.1, 0.15) is 0 Å². The van der Waals surface area contributed by atoms with E-state index in [1.807, 2.05) is 6.92 Å². The van der Waals surface area contributed by atoms with Crippen molar-refractivity contribution in [2.45, 2.75) is 26.2 Å². The summed E-state index contributed by atoms with van der Waals surface area (Å²) in [6, 6.07) is 2.71. The first-order valence-corrected chi connectivity index (χ1v) is 7.59. The summed E-state index contributed by atoms with van der Waals surface area (Å²) >= 11 is 0. The first kappa shape index (κ1) is 20.4. The first-order chi connectivity index (χ1) is 12.1. The highest BCUT2D eigenvalue weighted by Gasteiger charge is 2.19. The van der Waals surface area contributed by atoms with Gasteiger partial charge < -0.3 is 18.9 Å². The van der Waals surface area contributed by atoms with Crippen LogP contribution in [0.1, 0.15) is 36.5 Å². The van der Waals surface area contributed by atoms with Crippen molar-refractivity contribution in [2.24, 2.45) is 0 Å². The van der Waals surface area contributed by atoms with Gasteiger partial charge in [-0.25, -0.2) is 14.5 Å². The lowest BCUT2D eigenvalue weighted by molar-refractivity contribution is -0.452. The van der Waals surface area contributed by atoms with Gasteiger partial charge >= 0.3 is 12.1 Å². The van der Waals surface area contributed by atoms with Crippen LogP contribution in [0.3, 0.4) is 0 Å². The number of carbonyl (C=O) groups is 2. The van der Waals surface area contributed by atoms with E-state index in [0.29, 0.717) is 12.2 Å². The first-order valence-electron chi connectivity index (χ1n) is 7.59. The molecule has 0 saturated carbocycles. The molecule has 1 aromatic rings. The fourth-order valence-corrected chi connectivity index (χ4v) is 1.85. The van der Waals surface area contributed by atoms with Crippen LogP contribution in [0.5, 0.6) is 17.2 Å². The SMILES string of the molecule is CCCCCOC(=O)OOOC(=O)c1cc(OC)c(OC)c(OC)c1. The van der Waals surface area contributed by atoms with Crippen LogP contribution in [-0.2, 0) is 19.6 Å². The van der Waals surface area contributed by atoms with Crippen LogP contribution < -0.4 is 14.2 Å². The second kappa shape index (κ2) is 11.0. The highest BCUT2D eigenvalue weighted by molar-refractivity contribution is 5.90. The van der Waals surface area contributed by atoms with Crippen LogP contribution in [0.2, 0.25) is 0 Å². The zero-order valence-electron chi connectivity index (χ0n) is 14.7. The van der Waals surface area contributed by atoms with Crippen LogP contribution in [0.4, 0.5) is 4.79 Å². The average Bonchev–Trinajstić information content (AvgIpc) is 2.63. The largest absolute Gasteiger partial charge is 0.543 e. The topological polar surface area (TPSA) is 98.8 Å². The number of hydrogen-bond donors (Lipinski definition) is 0. The quantitative estimate of drug-likeness (QED) is 0.270. The molecule has 0 aliphatic heterocycles. The molecule has 9 nitrogen and oxygen atoms in total. The van der Waals surface area contributed by atoms with Crippen LogP contribution >= 0.6 is 0 Å². The molecule has 0 aliphatic rings. The van der Waals surface area contributed by atoms with E-state index in [9.17, 15) is 9.59 Å². The molecule has 0 N–H and O–H groups in total. The highest BCUT2D eigenvalue weighted by Crippen LogP contribution is 2.38. The van der Waals surface area contributed by atoms with Crippen molar-refractivity contribution in [3.05, 3.63) is 17.7 Å². The molecule has 0 fully saturated rings. The molecule has 0 atom stereocenters. The third-order valence-electron chi connectivity index (χ3n) is 3.08. The normalized spacial score (nSPS) is 9.92. The predicted molar refractivity (Wildman–Crippen MR) is 84.6 cm³/mol. The molecule has 1 rings (SSSR count). The number of rotatable bonds is 10. The fraction of sp³-hybridized carbons (Fsp3) is 0.500. The van der Waals surface area contributed by atoms with E-state index in [1.54, 1.807) is 0 Å². The van der Waals surface area contributed by atoms with Crippen molar-refractivity contribution in [3.63, 3.8) is 0 Å². The van der Waals surface area contributed by atoms with Gasteiger partial charge in [0, 0.05) is 0 Å². The van der Waals surface area contributed by atoms with Gasteiger partial charge in [-0.3, -0.25) is 4.89 Å². The molecule has 0 saturated heterocycles. The summed E-state index contributed by atoms with van der Waals surface area (Å²) in [5.41, 5.74) is 0.0365. The van der Waals surface area contributed by atoms with Gasteiger partial charge in [0.2, 0.25) is 5.75 Å². The summed E-state index contributed by atoms with van der Waals surface area (Å²) in [4.78, 5) is 31.7. The molecule has 0 aromatic heterocycles. The van der Waals surface area contributed by atoms with Crippen molar-refractivity contribution in [1.82, 2.24) is 0 Å². The zero-order valence-corrected chi connectivity index (χ0v) is 14.7. The van der Waals surface area contributed by atoms with Gasteiger partial charge in [0.25, 0.3) is 0 Å². The van der Waals surface area contributed by atoms with Crippen LogP contribution in [0, 0.1) is 0 Å². The molecule has 0 amide bonds. The lowest BCUT2D eigenvalue weighted by atomic mass is 10.2. The maximum atomic E-state index is 11.9. The van der Waals surface area contributed by atoms with Crippen molar-refractivity contribution in [1.29, 1.82) is 0 Å². The Morgan fingerprint density at radius 1 is 0.920 bits per heavy atom. The maximum absolute atomic E-state index is 11.9. The van der Waals surface area contributed by atoms with E-state index in [0.717, 1.165) is 12.8 Å². The fourth-order valence-electron chi connectivity index (χ4n) is 1.85. The molecule has 0 spiro atoms. The van der Waals surface area contributed by atoms with E-state index in [4.69, 9.17) is 18.9 Å². The van der Waals surface area contributed by atoms with Gasteiger partial charge in [0.05, 0.1) is 38.5 Å². The second-order valence-corrected chi connectivity index (χ2v) is 4.74. The molecule has 0 aliphatic carbocycles. The number of methoxy groups -OCH3 is 3. The Labute approximate surface area is 145 Å². The van der Waals surface area contributed by atoms with Crippen molar-refractivity contribution in [2.75, 3.05) is 27.9 Å². The highest BCUT2D eigenvalue weighted by atomic mass is 17.5. The number of ether oxygens (including phenoxy) is 4. The number of hydrogen-bond acceptors (Lipinski definition) is 9. The number of carbonyl (C=O) groups excluding carboxylic acids is 2. The molecule has 9 heteroatoms. The van der Waals surface area contributed by atoms with E-state index in [-0.39, 0.29) is 23.7 Å². The Morgan fingerprint density at radius 3 is 2.08 bits per heavy atom. The van der Waals surface area contributed by atoms with Crippen LogP contribution in [-0.4, -0.2) is 40.1 Å². The minimum atomic E-state index is -1.10. The minimum absolute atomic E-state index is 0.0365. The predicted octanol–water partition coefficient (Wildman–Crippen LogP) is 3.06. The lowest BCUT2D eigenvalue weighted by Crippen LogP contribution is -2.13. The maximum Gasteiger partial charge on any atom is 0.543 e. The van der Waals surface area contributed by atoms with E-state index in [1.165, 1.54) is 33.5 Å². The summed E-state index contributed by atoms with van der Waals surface area (Å²) < 4.78 is 20.1. The summed E-state index contributed by atoms with van der Waals surface area (Å²) in [6.07, 6.45) is 1.51. The molecule has 140 valence electrons. The van der Waals surface area contributed by atoms with E-state index >= 15 is 0 Å². The third kappa shape index (κ3) is 6.38. The molecular weight excluding hydrogens is 336 g/mol. The van der Waals surface area contributed by atoms with E-state index in [2.05, 4.69) is 14.8 Å². The second-order valence-electron chi connectivity index (χ2n) is 4.74. The van der Waals surface area contributed by atoms with Crippen molar-refractivity contribution < 1.29 is 43.3 Å². The minimum Gasteiger partial charge on any atom is -0.493 e. The Hall–Kier alpha value is -2.68. The van der Waals surface area contributed by atoms with Gasteiger partial charge in [-0.05, 0) is 18.6 Å². The van der Waals surface area contributed by atoms with Crippen LogP contribution in [0.15, 0.2) is 12.1 Å². The summed E-state index contributed by atoms with van der Waals surface area (Å²) in [6.45, 7) is 2.21. The molecular formula is C16H22O9. The summed E-state index contributed by atoms with van der Waals surface area (Å²) in [5.74, 6) is -0.109. The number of unbranched alkanes of at least 4 members (excludes halogenated alkanes) is 2. The van der Waals surface area contributed by atoms with E-state index < -0.39 is 12.1 Å². The molecule has 0 radical (unpaired) electrons. The van der Waals surface area contributed by atoms with Gasteiger partial charge in [-0.2, -0.15) is 0 Å². The van der Waals surface area contributed by atoms with Crippen molar-refractivity contribution >= 4 is 12.1 Å². The van der Waals surface area contributed by atoms with Crippen LogP contribution in [0.25, 0.3) is 0 Å². The lowest BCUT2D eigenvalue weighted by Gasteiger charge is -2.13. The van der Waals surface area contributed by atoms with Gasteiger partial charge in [-0.1, -0.05) is 19.8 Å². The Morgan fingerprint density at radius 2 is 1.56 bits per heavy atom. The van der Waals surface area contributed by atoms with Crippen molar-refractivity contribution in [3.8, 4) is 17.2 Å². The Balaban J connectivity index is 2.56. The zero-order chi connectivity index (χ0) is 18.7. The van der Waals surface area contributed by atoms with Gasteiger partial charge in [0.15, 0.2) is 11.5 Å². The monoisotopic (exact) mass is 358 g/mol. The van der Waals surface area contributed by atoms with Gasteiger partial charge in [-0.15, -0.1) is 0 Å². The molecule has 0 heterocycles. The Bertz CT molecular complexity index is 546. The summed E-state index contributed by atoms with van der Waals surface area (Å²) in [5, 5.41) is 4.14.